The number of carbonyl (C=O) groups is 3. The zero-order chi connectivity index (χ0) is 27.3. The summed E-state index contributed by atoms with van der Waals surface area (Å²) in [4.78, 5) is 36.7. The molecular weight excluding hydrogens is 475 g/mol. The number of aryl methyl sites for hydroxylation is 1. The molecule has 1 saturated carbocycles. The standard InChI is InChI=1S/C24H37N3O2.C2HF3O2/c1-16-7-6-8-18(17(16)2)15-27(21-9-10-21)23(29)19-11-20(14-25-13-19)26-22(28)12-24(3,4)5;3-2(4,5)1(6)7/h6-8,19-21,25H,9-15H2,1-5H3,(H,26,28);(H,6,7)/t19-,20+;/m0./s1. The highest BCUT2D eigenvalue weighted by Crippen LogP contribution is 2.31. The third-order valence-electron chi connectivity index (χ3n) is 6.33. The van der Waals surface area contributed by atoms with Gasteiger partial charge in [-0.1, -0.05) is 39.0 Å². The molecule has 0 aromatic heterocycles. The van der Waals surface area contributed by atoms with Gasteiger partial charge in [0, 0.05) is 38.1 Å². The molecule has 1 heterocycles. The summed E-state index contributed by atoms with van der Waals surface area (Å²) in [5, 5.41) is 13.6. The zero-order valence-electron chi connectivity index (χ0n) is 21.7. The molecule has 1 aliphatic carbocycles. The molecule has 2 fully saturated rings. The van der Waals surface area contributed by atoms with Crippen LogP contribution in [0.25, 0.3) is 0 Å². The number of halogens is 3. The number of piperidine rings is 1. The van der Waals surface area contributed by atoms with Crippen LogP contribution in [0.1, 0.15) is 63.1 Å². The maximum Gasteiger partial charge on any atom is 0.490 e. The van der Waals surface area contributed by atoms with Gasteiger partial charge in [0.05, 0.1) is 5.92 Å². The van der Waals surface area contributed by atoms with Gasteiger partial charge in [-0.25, -0.2) is 4.79 Å². The lowest BCUT2D eigenvalue weighted by molar-refractivity contribution is -0.192. The molecule has 2 amide bonds. The second kappa shape index (κ2) is 12.1. The summed E-state index contributed by atoms with van der Waals surface area (Å²) in [7, 11) is 0. The van der Waals surface area contributed by atoms with Gasteiger partial charge in [-0.15, -0.1) is 0 Å². The van der Waals surface area contributed by atoms with Gasteiger partial charge in [-0.05, 0) is 55.2 Å². The first kappa shape index (κ1) is 29.6. The summed E-state index contributed by atoms with van der Waals surface area (Å²) in [6.07, 6.45) is -1.66. The molecule has 2 atom stereocenters. The molecule has 0 bridgehead atoms. The number of amides is 2. The molecule has 2 aliphatic rings. The minimum Gasteiger partial charge on any atom is -0.475 e. The average molecular weight is 514 g/mol. The monoisotopic (exact) mass is 513 g/mol. The molecule has 10 heteroatoms. The Kier molecular flexibility index (Phi) is 9.93. The van der Waals surface area contributed by atoms with Crippen LogP contribution in [0.2, 0.25) is 0 Å². The second-order valence-corrected chi connectivity index (χ2v) is 11.0. The summed E-state index contributed by atoms with van der Waals surface area (Å²) in [6.45, 7) is 12.6. The van der Waals surface area contributed by atoms with Gasteiger partial charge in [0.15, 0.2) is 0 Å². The number of rotatable bonds is 6. The Morgan fingerprint density at radius 1 is 1.11 bits per heavy atom. The summed E-state index contributed by atoms with van der Waals surface area (Å²) < 4.78 is 31.7. The number of alkyl halides is 3. The highest BCUT2D eigenvalue weighted by Gasteiger charge is 2.39. The molecule has 1 aromatic rings. The normalized spacial score (nSPS) is 20.1. The van der Waals surface area contributed by atoms with Crippen molar-refractivity contribution in [1.82, 2.24) is 15.5 Å². The van der Waals surface area contributed by atoms with E-state index in [2.05, 4.69) is 68.4 Å². The number of carbonyl (C=O) groups excluding carboxylic acids is 2. The Hall–Kier alpha value is -2.62. The summed E-state index contributed by atoms with van der Waals surface area (Å²) in [5.41, 5.74) is 3.76. The van der Waals surface area contributed by atoms with Crippen LogP contribution < -0.4 is 10.6 Å². The van der Waals surface area contributed by atoms with Crippen LogP contribution >= 0.6 is 0 Å². The number of carboxylic acids is 1. The number of benzene rings is 1. The lowest BCUT2D eigenvalue weighted by atomic mass is 9.90. The van der Waals surface area contributed by atoms with Crippen LogP contribution in [0.5, 0.6) is 0 Å². The third kappa shape index (κ3) is 9.44. The Morgan fingerprint density at radius 2 is 1.72 bits per heavy atom. The van der Waals surface area contributed by atoms with Crippen molar-refractivity contribution >= 4 is 17.8 Å². The van der Waals surface area contributed by atoms with Gasteiger partial charge in [0.25, 0.3) is 0 Å². The first-order valence-electron chi connectivity index (χ1n) is 12.2. The minimum absolute atomic E-state index is 0.0225. The van der Waals surface area contributed by atoms with Gasteiger partial charge < -0.3 is 20.6 Å². The largest absolute Gasteiger partial charge is 0.490 e. The van der Waals surface area contributed by atoms with E-state index in [0.717, 1.165) is 25.8 Å². The molecule has 1 aliphatic heterocycles. The van der Waals surface area contributed by atoms with Crippen LogP contribution in [0.3, 0.4) is 0 Å². The highest BCUT2D eigenvalue weighted by molar-refractivity contribution is 5.80. The van der Waals surface area contributed by atoms with E-state index in [4.69, 9.17) is 9.90 Å². The van der Waals surface area contributed by atoms with Crippen LogP contribution in [0, 0.1) is 25.2 Å². The quantitative estimate of drug-likeness (QED) is 0.535. The van der Waals surface area contributed by atoms with E-state index in [1.165, 1.54) is 16.7 Å². The predicted molar refractivity (Wildman–Crippen MR) is 130 cm³/mol. The van der Waals surface area contributed by atoms with Crippen molar-refractivity contribution in [1.29, 1.82) is 0 Å². The smallest absolute Gasteiger partial charge is 0.475 e. The van der Waals surface area contributed by atoms with E-state index in [1.807, 2.05) is 0 Å². The lowest BCUT2D eigenvalue weighted by Crippen LogP contribution is -2.53. The minimum atomic E-state index is -5.08. The van der Waals surface area contributed by atoms with Crippen molar-refractivity contribution < 1.29 is 32.7 Å². The average Bonchev–Trinajstić information content (AvgIpc) is 3.58. The van der Waals surface area contributed by atoms with Gasteiger partial charge in [0.1, 0.15) is 0 Å². The Labute approximate surface area is 210 Å². The van der Waals surface area contributed by atoms with E-state index in [-0.39, 0.29) is 29.2 Å². The predicted octanol–water partition coefficient (Wildman–Crippen LogP) is 3.96. The van der Waals surface area contributed by atoms with Gasteiger partial charge in [-0.3, -0.25) is 9.59 Å². The van der Waals surface area contributed by atoms with E-state index >= 15 is 0 Å². The molecule has 7 nitrogen and oxygen atoms in total. The molecule has 0 radical (unpaired) electrons. The fraction of sp³-hybridized carbons (Fsp3) is 0.654. The number of nitrogens with one attached hydrogen (secondary N) is 2. The Balaban J connectivity index is 0.000000572. The van der Waals surface area contributed by atoms with Crippen molar-refractivity contribution in [3.63, 3.8) is 0 Å². The number of carboxylic acid groups (broad SMARTS) is 1. The number of hydrogen-bond donors (Lipinski definition) is 3. The number of hydrogen-bond acceptors (Lipinski definition) is 4. The van der Waals surface area contributed by atoms with Crippen molar-refractivity contribution in [3.8, 4) is 0 Å². The third-order valence-corrected chi connectivity index (χ3v) is 6.33. The maximum absolute atomic E-state index is 13.4. The van der Waals surface area contributed by atoms with Crippen LogP contribution in [0.4, 0.5) is 13.2 Å². The van der Waals surface area contributed by atoms with Crippen LogP contribution in [0.15, 0.2) is 18.2 Å². The Bertz CT molecular complexity index is 939. The molecule has 3 rings (SSSR count). The van der Waals surface area contributed by atoms with E-state index in [0.29, 0.717) is 25.6 Å². The first-order valence-corrected chi connectivity index (χ1v) is 12.2. The lowest BCUT2D eigenvalue weighted by Gasteiger charge is -2.34. The van der Waals surface area contributed by atoms with E-state index < -0.39 is 12.1 Å². The van der Waals surface area contributed by atoms with Crippen molar-refractivity contribution in [2.75, 3.05) is 13.1 Å². The Morgan fingerprint density at radius 3 is 2.25 bits per heavy atom. The van der Waals surface area contributed by atoms with Crippen LogP contribution in [-0.2, 0) is 20.9 Å². The number of aliphatic carboxylic acids is 1. The molecule has 202 valence electrons. The zero-order valence-corrected chi connectivity index (χ0v) is 21.7. The first-order chi connectivity index (χ1) is 16.6. The van der Waals surface area contributed by atoms with E-state index in [9.17, 15) is 22.8 Å². The summed E-state index contributed by atoms with van der Waals surface area (Å²) in [6, 6.07) is 6.74. The molecule has 0 spiro atoms. The fourth-order valence-corrected chi connectivity index (χ4v) is 4.17. The molecule has 0 unspecified atom stereocenters. The SMILES string of the molecule is Cc1cccc(CN(C(=O)[C@@H]2CNC[C@H](NC(=O)CC(C)(C)C)C2)C2CC2)c1C.O=C(O)C(F)(F)F. The number of nitrogens with zero attached hydrogens (tertiary/aromatic N) is 1. The molecule has 1 saturated heterocycles. The molecule has 36 heavy (non-hydrogen) atoms. The molecule has 3 N–H and O–H groups in total. The van der Waals surface area contributed by atoms with Crippen LogP contribution in [-0.4, -0.2) is 59.1 Å². The van der Waals surface area contributed by atoms with Gasteiger partial charge in [-0.2, -0.15) is 13.2 Å². The molecular formula is C26H38F3N3O4. The van der Waals surface area contributed by atoms with E-state index in [1.54, 1.807) is 0 Å². The van der Waals surface area contributed by atoms with Gasteiger partial charge in [0.2, 0.25) is 11.8 Å². The summed E-state index contributed by atoms with van der Waals surface area (Å²) in [5.74, 6) is -2.52. The fourth-order valence-electron chi connectivity index (χ4n) is 4.17. The maximum atomic E-state index is 13.4. The highest BCUT2D eigenvalue weighted by atomic mass is 19.4. The van der Waals surface area contributed by atoms with Crippen molar-refractivity contribution in [2.24, 2.45) is 11.3 Å². The second-order valence-electron chi connectivity index (χ2n) is 11.0. The summed E-state index contributed by atoms with van der Waals surface area (Å²) >= 11 is 0. The molecule has 1 aromatic carbocycles. The van der Waals surface area contributed by atoms with Crippen molar-refractivity contribution in [3.05, 3.63) is 34.9 Å². The van der Waals surface area contributed by atoms with Gasteiger partial charge >= 0.3 is 12.1 Å². The topological polar surface area (TPSA) is 98.7 Å². The van der Waals surface area contributed by atoms with Crippen molar-refractivity contribution in [2.45, 2.75) is 85.1 Å².